The van der Waals surface area contributed by atoms with E-state index in [4.69, 9.17) is 10.8 Å². The standard InChI is InChI=1S/C6H11NO3/c1-2-3-10-6(9)5(8)4-7/h2,5,8H,1,3-4,7H2/i6+2. The molecule has 4 nitrogen and oxygen atoms in total. The van der Waals surface area contributed by atoms with Crippen molar-refractivity contribution in [3.63, 3.8) is 0 Å². The fourth-order valence-electron chi connectivity index (χ4n) is 0.333. The second kappa shape index (κ2) is 4.96. The molecule has 0 spiro atoms. The Kier molecular flexibility index (Phi) is 4.53. The van der Waals surface area contributed by atoms with Gasteiger partial charge in [0.25, 0.3) is 0 Å². The molecular weight excluding hydrogens is 136 g/mol. The van der Waals surface area contributed by atoms with Crippen molar-refractivity contribution >= 4 is 5.97 Å². The van der Waals surface area contributed by atoms with Crippen molar-refractivity contribution in [3.05, 3.63) is 12.7 Å². The predicted octanol–water partition coefficient (Wildman–Crippen LogP) is -0.965. The maximum absolute atomic E-state index is 10.5. The topological polar surface area (TPSA) is 72.5 Å². The molecular formula is C6H11NO3. The lowest BCUT2D eigenvalue weighted by Crippen LogP contribution is -2.30. The Hall–Kier alpha value is -0.870. The van der Waals surface area contributed by atoms with Crippen LogP contribution in [0.3, 0.4) is 0 Å². The quantitative estimate of drug-likeness (QED) is 0.396. The maximum Gasteiger partial charge on any atom is 0.336 e. The Balaban J connectivity index is 3.51. The van der Waals surface area contributed by atoms with Gasteiger partial charge in [0.15, 0.2) is 6.10 Å². The van der Waals surface area contributed by atoms with Crippen LogP contribution in [0.4, 0.5) is 0 Å². The molecule has 0 aliphatic carbocycles. The van der Waals surface area contributed by atoms with Crippen LogP contribution < -0.4 is 5.73 Å². The molecule has 0 heterocycles. The second-order valence-electron chi connectivity index (χ2n) is 1.67. The fraction of sp³-hybridized carbons (Fsp3) is 0.500. The van der Waals surface area contributed by atoms with E-state index in [-0.39, 0.29) is 13.2 Å². The summed E-state index contributed by atoms with van der Waals surface area (Å²) in [7, 11) is 0. The first-order valence-electron chi connectivity index (χ1n) is 2.88. The van der Waals surface area contributed by atoms with Gasteiger partial charge < -0.3 is 15.6 Å². The van der Waals surface area contributed by atoms with Crippen LogP contribution in [0.5, 0.6) is 0 Å². The summed E-state index contributed by atoms with van der Waals surface area (Å²) in [4.78, 5) is 10.5. The van der Waals surface area contributed by atoms with E-state index in [9.17, 15) is 4.79 Å². The average Bonchev–Trinajstić information content (AvgIpc) is 1.98. The van der Waals surface area contributed by atoms with Gasteiger partial charge in [-0.15, -0.1) is 0 Å². The van der Waals surface area contributed by atoms with Crippen LogP contribution >= 0.6 is 0 Å². The summed E-state index contributed by atoms with van der Waals surface area (Å²) in [5.41, 5.74) is 4.97. The van der Waals surface area contributed by atoms with Crippen molar-refractivity contribution in [1.29, 1.82) is 0 Å². The molecule has 0 radical (unpaired) electrons. The van der Waals surface area contributed by atoms with Gasteiger partial charge in [-0.3, -0.25) is 0 Å². The molecule has 0 aliphatic heterocycles. The number of carbonyl (C=O) groups is 1. The predicted molar refractivity (Wildman–Crippen MR) is 36.2 cm³/mol. The SMILES string of the molecule is C=CCO[14C](=O)C(O)CN. The highest BCUT2D eigenvalue weighted by atomic mass is 16.8. The first kappa shape index (κ1) is 9.13. The molecule has 0 amide bonds. The Bertz CT molecular complexity index is 124. The Morgan fingerprint density at radius 3 is 2.90 bits per heavy atom. The molecule has 0 saturated carbocycles. The average molecular weight is 147 g/mol. The van der Waals surface area contributed by atoms with Crippen LogP contribution in [0, 0.1) is 0 Å². The first-order valence-corrected chi connectivity index (χ1v) is 2.88. The number of aliphatic hydroxyl groups is 1. The molecule has 1 unspecified atom stereocenters. The summed E-state index contributed by atoms with van der Waals surface area (Å²) in [6.07, 6.45) is 0.209. The van der Waals surface area contributed by atoms with Crippen molar-refractivity contribution in [2.45, 2.75) is 6.10 Å². The number of nitrogens with two attached hydrogens (primary N) is 1. The molecule has 0 saturated heterocycles. The second-order valence-corrected chi connectivity index (χ2v) is 1.67. The van der Waals surface area contributed by atoms with Gasteiger partial charge in [-0.1, -0.05) is 12.7 Å². The summed E-state index contributed by atoms with van der Waals surface area (Å²) in [6.45, 7) is 3.32. The number of carbonyl (C=O) groups excluding carboxylic acids is 1. The summed E-state index contributed by atoms with van der Waals surface area (Å²) in [6, 6.07) is 0. The van der Waals surface area contributed by atoms with Crippen LogP contribution in [-0.4, -0.2) is 30.3 Å². The van der Waals surface area contributed by atoms with Gasteiger partial charge in [-0.25, -0.2) is 4.79 Å². The number of aliphatic hydroxyl groups excluding tert-OH is 1. The Morgan fingerprint density at radius 2 is 2.50 bits per heavy atom. The van der Waals surface area contributed by atoms with Crippen LogP contribution in [0.1, 0.15) is 0 Å². The fourth-order valence-corrected chi connectivity index (χ4v) is 0.333. The molecule has 0 fully saturated rings. The van der Waals surface area contributed by atoms with Crippen LogP contribution in [0.2, 0.25) is 0 Å². The van der Waals surface area contributed by atoms with Gasteiger partial charge >= 0.3 is 5.97 Å². The van der Waals surface area contributed by atoms with Crippen molar-refractivity contribution in [2.24, 2.45) is 5.73 Å². The van der Waals surface area contributed by atoms with Gasteiger partial charge in [-0.2, -0.15) is 0 Å². The number of rotatable bonds is 4. The third-order valence-corrected chi connectivity index (χ3v) is 0.839. The first-order chi connectivity index (χ1) is 4.72. The van der Waals surface area contributed by atoms with Crippen molar-refractivity contribution < 1.29 is 14.6 Å². The van der Waals surface area contributed by atoms with Gasteiger partial charge in [0.2, 0.25) is 0 Å². The maximum atomic E-state index is 10.5. The minimum absolute atomic E-state index is 0.107. The van der Waals surface area contributed by atoms with Crippen molar-refractivity contribution in [3.8, 4) is 0 Å². The van der Waals surface area contributed by atoms with Gasteiger partial charge in [-0.05, 0) is 0 Å². The highest BCUT2D eigenvalue weighted by Crippen LogP contribution is 1.85. The van der Waals surface area contributed by atoms with E-state index in [1.165, 1.54) is 6.08 Å². The molecule has 0 aromatic heterocycles. The molecule has 0 aromatic rings. The van der Waals surface area contributed by atoms with Crippen molar-refractivity contribution in [2.75, 3.05) is 13.2 Å². The zero-order valence-corrected chi connectivity index (χ0v) is 5.62. The Labute approximate surface area is 59.3 Å². The van der Waals surface area contributed by atoms with Crippen LogP contribution in [0.25, 0.3) is 0 Å². The molecule has 1 atom stereocenters. The number of hydrogen-bond acceptors (Lipinski definition) is 4. The summed E-state index contributed by atoms with van der Waals surface area (Å²) >= 11 is 0. The van der Waals surface area contributed by atoms with E-state index in [2.05, 4.69) is 11.3 Å². The van der Waals surface area contributed by atoms with Crippen molar-refractivity contribution in [1.82, 2.24) is 0 Å². The third kappa shape index (κ3) is 3.21. The van der Waals surface area contributed by atoms with E-state index >= 15 is 0 Å². The highest BCUT2D eigenvalue weighted by molar-refractivity contribution is 5.74. The smallest absolute Gasteiger partial charge is 0.336 e. The minimum atomic E-state index is -1.21. The van der Waals surface area contributed by atoms with E-state index in [1.54, 1.807) is 0 Å². The van der Waals surface area contributed by atoms with Gasteiger partial charge in [0.1, 0.15) is 6.61 Å². The van der Waals surface area contributed by atoms with E-state index in [0.29, 0.717) is 0 Å². The molecule has 4 heteroatoms. The lowest BCUT2D eigenvalue weighted by atomic mass is 10.6. The summed E-state index contributed by atoms with van der Waals surface area (Å²) < 4.78 is 4.46. The van der Waals surface area contributed by atoms with E-state index in [1.807, 2.05) is 0 Å². The van der Waals surface area contributed by atoms with Crippen LogP contribution in [-0.2, 0) is 9.53 Å². The molecule has 0 rings (SSSR count). The zero-order valence-electron chi connectivity index (χ0n) is 5.62. The summed E-state index contributed by atoms with van der Waals surface area (Å²) in [5, 5.41) is 8.72. The highest BCUT2D eigenvalue weighted by Gasteiger charge is 2.12. The lowest BCUT2D eigenvalue weighted by Gasteiger charge is -2.05. The Morgan fingerprint density at radius 1 is 1.90 bits per heavy atom. The molecule has 3 N–H and O–H groups in total. The van der Waals surface area contributed by atoms with E-state index in [0.717, 1.165) is 0 Å². The number of ether oxygens (including phenoxy) is 1. The molecule has 0 bridgehead atoms. The number of hydrogen-bond donors (Lipinski definition) is 2. The molecule has 58 valence electrons. The normalized spacial score (nSPS) is 12.2. The molecule has 0 aromatic carbocycles. The lowest BCUT2D eigenvalue weighted by molar-refractivity contribution is -0.151. The largest absolute Gasteiger partial charge is 0.460 e. The molecule has 10 heavy (non-hydrogen) atoms. The van der Waals surface area contributed by atoms with Crippen LogP contribution in [0.15, 0.2) is 12.7 Å². The third-order valence-electron chi connectivity index (χ3n) is 0.839. The monoisotopic (exact) mass is 147 g/mol. The molecule has 0 aliphatic rings. The minimum Gasteiger partial charge on any atom is -0.460 e. The number of esters is 1. The van der Waals surface area contributed by atoms with E-state index < -0.39 is 12.1 Å². The van der Waals surface area contributed by atoms with Gasteiger partial charge in [0, 0.05) is 6.54 Å². The van der Waals surface area contributed by atoms with Gasteiger partial charge in [0.05, 0.1) is 0 Å². The summed E-state index contributed by atoms with van der Waals surface area (Å²) in [5.74, 6) is -0.706. The zero-order chi connectivity index (χ0) is 7.98.